The first kappa shape index (κ1) is 11.0. The molecule has 0 radical (unpaired) electrons. The summed E-state index contributed by atoms with van der Waals surface area (Å²) >= 11 is 0. The summed E-state index contributed by atoms with van der Waals surface area (Å²) in [6, 6.07) is 4.94. The molecule has 4 heteroatoms. The SMILES string of the molecule is c1cnc(N2CCOCC2)c(CNC2CC2)c1. The molecule has 17 heavy (non-hydrogen) atoms. The van der Waals surface area contributed by atoms with E-state index >= 15 is 0 Å². The molecule has 2 heterocycles. The fourth-order valence-electron chi connectivity index (χ4n) is 2.17. The molecule has 0 atom stereocenters. The van der Waals surface area contributed by atoms with Gasteiger partial charge in [0.05, 0.1) is 13.2 Å². The molecule has 0 unspecified atom stereocenters. The molecule has 1 saturated carbocycles. The summed E-state index contributed by atoms with van der Waals surface area (Å²) < 4.78 is 5.38. The van der Waals surface area contributed by atoms with Crippen LogP contribution in [-0.2, 0) is 11.3 Å². The third kappa shape index (κ3) is 2.76. The highest BCUT2D eigenvalue weighted by Crippen LogP contribution is 2.22. The van der Waals surface area contributed by atoms with Crippen molar-refractivity contribution in [3.63, 3.8) is 0 Å². The molecule has 2 fully saturated rings. The molecule has 0 bridgehead atoms. The summed E-state index contributed by atoms with van der Waals surface area (Å²) in [5, 5.41) is 3.55. The van der Waals surface area contributed by atoms with Crippen LogP contribution in [0.25, 0.3) is 0 Å². The van der Waals surface area contributed by atoms with E-state index in [-0.39, 0.29) is 0 Å². The minimum Gasteiger partial charge on any atom is -0.378 e. The summed E-state index contributed by atoms with van der Waals surface area (Å²) in [5.74, 6) is 1.13. The molecule has 1 aromatic rings. The third-order valence-corrected chi connectivity index (χ3v) is 3.34. The van der Waals surface area contributed by atoms with Gasteiger partial charge in [-0.15, -0.1) is 0 Å². The van der Waals surface area contributed by atoms with Gasteiger partial charge in [-0.25, -0.2) is 4.98 Å². The molecule has 0 amide bonds. The number of nitrogens with zero attached hydrogens (tertiary/aromatic N) is 2. The van der Waals surface area contributed by atoms with Crippen LogP contribution in [-0.4, -0.2) is 37.3 Å². The van der Waals surface area contributed by atoms with Gasteiger partial charge in [0.15, 0.2) is 0 Å². The summed E-state index contributed by atoms with van der Waals surface area (Å²) in [4.78, 5) is 6.86. The van der Waals surface area contributed by atoms with E-state index in [0.29, 0.717) is 0 Å². The maximum Gasteiger partial charge on any atom is 0.133 e. The van der Waals surface area contributed by atoms with E-state index in [9.17, 15) is 0 Å². The molecule has 1 aliphatic carbocycles. The van der Waals surface area contributed by atoms with Crippen molar-refractivity contribution in [1.29, 1.82) is 0 Å². The molecule has 1 aromatic heterocycles. The summed E-state index contributed by atoms with van der Waals surface area (Å²) in [6.45, 7) is 4.46. The fourth-order valence-corrected chi connectivity index (χ4v) is 2.17. The number of hydrogen-bond donors (Lipinski definition) is 1. The van der Waals surface area contributed by atoms with Crippen LogP contribution in [0.2, 0.25) is 0 Å². The quantitative estimate of drug-likeness (QED) is 0.847. The van der Waals surface area contributed by atoms with E-state index in [1.165, 1.54) is 18.4 Å². The van der Waals surface area contributed by atoms with Crippen LogP contribution in [0.3, 0.4) is 0 Å². The van der Waals surface area contributed by atoms with Gasteiger partial charge in [0.1, 0.15) is 5.82 Å². The zero-order chi connectivity index (χ0) is 11.5. The lowest BCUT2D eigenvalue weighted by Gasteiger charge is -2.29. The van der Waals surface area contributed by atoms with Crippen molar-refractivity contribution >= 4 is 5.82 Å². The minimum atomic E-state index is 0.743. The van der Waals surface area contributed by atoms with Gasteiger partial charge in [-0.3, -0.25) is 0 Å². The van der Waals surface area contributed by atoms with Crippen molar-refractivity contribution in [1.82, 2.24) is 10.3 Å². The van der Waals surface area contributed by atoms with Crippen molar-refractivity contribution in [3.8, 4) is 0 Å². The Morgan fingerprint density at radius 1 is 1.35 bits per heavy atom. The summed E-state index contributed by atoms with van der Waals surface area (Å²) in [7, 11) is 0. The third-order valence-electron chi connectivity index (χ3n) is 3.34. The number of pyridine rings is 1. The summed E-state index contributed by atoms with van der Waals surface area (Å²) in [5.41, 5.74) is 1.31. The second-order valence-electron chi connectivity index (χ2n) is 4.74. The average molecular weight is 233 g/mol. The molecular formula is C13H19N3O. The highest BCUT2D eigenvalue weighted by Gasteiger charge is 2.21. The highest BCUT2D eigenvalue weighted by atomic mass is 16.5. The predicted octanol–water partition coefficient (Wildman–Crippen LogP) is 1.17. The standard InChI is InChI=1S/C13H19N3O/c1-2-11(10-15-12-3-4-12)13(14-5-1)16-6-8-17-9-7-16/h1-2,5,12,15H,3-4,6-10H2. The van der Waals surface area contributed by atoms with Gasteiger partial charge in [-0.2, -0.15) is 0 Å². The van der Waals surface area contributed by atoms with Crippen molar-refractivity contribution in [2.24, 2.45) is 0 Å². The van der Waals surface area contributed by atoms with Gasteiger partial charge in [-0.05, 0) is 18.9 Å². The van der Waals surface area contributed by atoms with Crippen LogP contribution in [0.1, 0.15) is 18.4 Å². The van der Waals surface area contributed by atoms with Crippen LogP contribution in [0.4, 0.5) is 5.82 Å². The Morgan fingerprint density at radius 2 is 2.18 bits per heavy atom. The molecule has 92 valence electrons. The van der Waals surface area contributed by atoms with E-state index in [0.717, 1.165) is 44.7 Å². The van der Waals surface area contributed by atoms with E-state index in [4.69, 9.17) is 4.74 Å². The Labute approximate surface area is 102 Å². The Morgan fingerprint density at radius 3 is 2.94 bits per heavy atom. The second kappa shape index (κ2) is 5.02. The lowest BCUT2D eigenvalue weighted by molar-refractivity contribution is 0.122. The summed E-state index contributed by atoms with van der Waals surface area (Å²) in [6.07, 6.45) is 4.53. The van der Waals surface area contributed by atoms with Gasteiger partial charge in [-0.1, -0.05) is 6.07 Å². The second-order valence-corrected chi connectivity index (χ2v) is 4.74. The predicted molar refractivity (Wildman–Crippen MR) is 67.1 cm³/mol. The molecule has 0 aromatic carbocycles. The Bertz CT molecular complexity index is 373. The molecule has 1 aliphatic heterocycles. The molecule has 2 aliphatic rings. The Kier molecular flexibility index (Phi) is 3.25. The highest BCUT2D eigenvalue weighted by molar-refractivity contribution is 5.47. The largest absolute Gasteiger partial charge is 0.378 e. The number of ether oxygens (including phenoxy) is 1. The number of anilines is 1. The van der Waals surface area contributed by atoms with Crippen LogP contribution >= 0.6 is 0 Å². The maximum absolute atomic E-state index is 5.38. The normalized spacial score (nSPS) is 20.6. The van der Waals surface area contributed by atoms with E-state index < -0.39 is 0 Å². The van der Waals surface area contributed by atoms with Crippen LogP contribution in [0.5, 0.6) is 0 Å². The van der Waals surface area contributed by atoms with E-state index in [1.54, 1.807) is 0 Å². The van der Waals surface area contributed by atoms with E-state index in [2.05, 4.69) is 21.3 Å². The first-order valence-electron chi connectivity index (χ1n) is 6.43. The molecule has 0 spiro atoms. The van der Waals surface area contributed by atoms with Crippen LogP contribution in [0, 0.1) is 0 Å². The van der Waals surface area contributed by atoms with Gasteiger partial charge in [0, 0.05) is 37.4 Å². The van der Waals surface area contributed by atoms with Crippen molar-refractivity contribution in [2.75, 3.05) is 31.2 Å². The van der Waals surface area contributed by atoms with Crippen LogP contribution < -0.4 is 10.2 Å². The topological polar surface area (TPSA) is 37.4 Å². The zero-order valence-electron chi connectivity index (χ0n) is 10.1. The Balaban J connectivity index is 1.71. The molecule has 1 N–H and O–H groups in total. The van der Waals surface area contributed by atoms with Crippen molar-refractivity contribution in [3.05, 3.63) is 23.9 Å². The fraction of sp³-hybridized carbons (Fsp3) is 0.615. The monoisotopic (exact) mass is 233 g/mol. The first-order chi connectivity index (χ1) is 8.43. The Hall–Kier alpha value is -1.13. The molecule has 4 nitrogen and oxygen atoms in total. The maximum atomic E-state index is 5.38. The van der Waals surface area contributed by atoms with Crippen LogP contribution in [0.15, 0.2) is 18.3 Å². The number of aromatic nitrogens is 1. The molecular weight excluding hydrogens is 214 g/mol. The molecule has 3 rings (SSSR count). The zero-order valence-corrected chi connectivity index (χ0v) is 10.1. The van der Waals surface area contributed by atoms with Gasteiger partial charge in [0.25, 0.3) is 0 Å². The van der Waals surface area contributed by atoms with Gasteiger partial charge in [0.2, 0.25) is 0 Å². The van der Waals surface area contributed by atoms with Crippen molar-refractivity contribution in [2.45, 2.75) is 25.4 Å². The smallest absolute Gasteiger partial charge is 0.133 e. The van der Waals surface area contributed by atoms with Gasteiger partial charge >= 0.3 is 0 Å². The first-order valence-corrected chi connectivity index (χ1v) is 6.43. The molecule has 1 saturated heterocycles. The average Bonchev–Trinajstić information content (AvgIpc) is 3.22. The van der Waals surface area contributed by atoms with Crippen molar-refractivity contribution < 1.29 is 4.74 Å². The number of hydrogen-bond acceptors (Lipinski definition) is 4. The minimum absolute atomic E-state index is 0.743. The lowest BCUT2D eigenvalue weighted by atomic mass is 10.2. The number of rotatable bonds is 4. The lowest BCUT2D eigenvalue weighted by Crippen LogP contribution is -2.37. The van der Waals surface area contributed by atoms with E-state index in [1.807, 2.05) is 12.3 Å². The number of nitrogens with one attached hydrogen (secondary N) is 1. The van der Waals surface area contributed by atoms with Gasteiger partial charge < -0.3 is 15.0 Å². The number of morpholine rings is 1.